The summed E-state index contributed by atoms with van der Waals surface area (Å²) in [5, 5.41) is 21.2. The number of phenols is 1. The van der Waals surface area contributed by atoms with E-state index >= 15 is 0 Å². The van der Waals surface area contributed by atoms with Crippen molar-refractivity contribution in [2.24, 2.45) is 0 Å². The average molecular weight is 300 g/mol. The average Bonchev–Trinajstić information content (AvgIpc) is 2.52. The lowest BCUT2D eigenvalue weighted by atomic mass is 10.1. The third-order valence-electron chi connectivity index (χ3n) is 3.07. The first-order chi connectivity index (χ1) is 10.6. The highest BCUT2D eigenvalue weighted by Gasteiger charge is 2.22. The molecule has 2 aromatic carbocycles. The van der Waals surface area contributed by atoms with E-state index in [4.69, 9.17) is 4.74 Å². The number of amides is 1. The summed E-state index contributed by atoms with van der Waals surface area (Å²) in [6, 6.07) is 11.1. The maximum absolute atomic E-state index is 13.7. The van der Waals surface area contributed by atoms with E-state index in [2.05, 4.69) is 5.32 Å². The van der Waals surface area contributed by atoms with E-state index in [0.717, 1.165) is 6.07 Å². The van der Waals surface area contributed by atoms with Crippen LogP contribution in [0.25, 0.3) is 0 Å². The number of benzene rings is 2. The number of methoxy groups -OCH3 is 1. The van der Waals surface area contributed by atoms with Gasteiger partial charge >= 0.3 is 0 Å². The number of aromatic hydroxyl groups is 1. The van der Waals surface area contributed by atoms with Gasteiger partial charge in [0.15, 0.2) is 0 Å². The van der Waals surface area contributed by atoms with Crippen molar-refractivity contribution in [2.75, 3.05) is 7.11 Å². The minimum Gasteiger partial charge on any atom is -0.507 e. The Balaban J connectivity index is 2.32. The van der Waals surface area contributed by atoms with Gasteiger partial charge in [0.2, 0.25) is 0 Å². The highest BCUT2D eigenvalue weighted by atomic mass is 19.1. The highest BCUT2D eigenvalue weighted by Crippen LogP contribution is 2.26. The molecule has 0 aliphatic rings. The number of para-hydroxylation sites is 1. The lowest BCUT2D eigenvalue weighted by molar-refractivity contribution is 0.0938. The Morgan fingerprint density at radius 2 is 2.05 bits per heavy atom. The molecule has 0 aromatic heterocycles. The smallest absolute Gasteiger partial charge is 0.259 e. The van der Waals surface area contributed by atoms with E-state index in [1.165, 1.54) is 19.2 Å². The van der Waals surface area contributed by atoms with Crippen LogP contribution in [0.5, 0.6) is 11.5 Å². The summed E-state index contributed by atoms with van der Waals surface area (Å²) in [6.45, 7) is 0. The zero-order valence-corrected chi connectivity index (χ0v) is 11.7. The van der Waals surface area contributed by atoms with Crippen LogP contribution in [-0.4, -0.2) is 18.1 Å². The molecule has 0 heterocycles. The van der Waals surface area contributed by atoms with Crippen molar-refractivity contribution >= 4 is 5.91 Å². The van der Waals surface area contributed by atoms with E-state index in [0.29, 0.717) is 11.3 Å². The summed E-state index contributed by atoms with van der Waals surface area (Å²) in [7, 11) is 1.44. The van der Waals surface area contributed by atoms with Crippen molar-refractivity contribution in [1.29, 1.82) is 5.26 Å². The first kappa shape index (κ1) is 15.3. The van der Waals surface area contributed by atoms with Crippen molar-refractivity contribution in [1.82, 2.24) is 5.32 Å². The van der Waals surface area contributed by atoms with Gasteiger partial charge in [-0.15, -0.1) is 0 Å². The second-order valence-electron chi connectivity index (χ2n) is 4.41. The Labute approximate surface area is 126 Å². The molecular weight excluding hydrogens is 287 g/mol. The second kappa shape index (κ2) is 6.59. The van der Waals surface area contributed by atoms with Crippen molar-refractivity contribution in [3.63, 3.8) is 0 Å². The molecule has 1 unspecified atom stereocenters. The molecule has 0 spiro atoms. The number of ether oxygens (including phenoxy) is 1. The van der Waals surface area contributed by atoms with E-state index in [1.807, 2.05) is 6.07 Å². The Kier molecular flexibility index (Phi) is 4.59. The summed E-state index contributed by atoms with van der Waals surface area (Å²) in [5.41, 5.74) is -0.0608. The third kappa shape index (κ3) is 2.99. The van der Waals surface area contributed by atoms with Crippen LogP contribution in [0, 0.1) is 17.1 Å². The summed E-state index contributed by atoms with van der Waals surface area (Å²) >= 11 is 0. The van der Waals surface area contributed by atoms with Gasteiger partial charge in [-0.2, -0.15) is 5.26 Å². The summed E-state index contributed by atoms with van der Waals surface area (Å²) in [6.07, 6.45) is 0. The predicted octanol–water partition coefficient (Wildman–Crippen LogP) is 2.53. The predicted molar refractivity (Wildman–Crippen MR) is 76.9 cm³/mol. The number of phenolic OH excluding ortho intramolecular Hbond substituents is 1. The summed E-state index contributed by atoms with van der Waals surface area (Å²) < 4.78 is 18.8. The van der Waals surface area contributed by atoms with Gasteiger partial charge in [0.05, 0.1) is 13.2 Å². The Morgan fingerprint density at radius 1 is 1.32 bits per heavy atom. The summed E-state index contributed by atoms with van der Waals surface area (Å²) in [5.74, 6) is -1.82. The van der Waals surface area contributed by atoms with Gasteiger partial charge < -0.3 is 15.2 Å². The van der Waals surface area contributed by atoms with Crippen LogP contribution in [0.3, 0.4) is 0 Å². The number of hydrogen-bond donors (Lipinski definition) is 2. The maximum atomic E-state index is 13.7. The second-order valence-corrected chi connectivity index (χ2v) is 4.41. The molecule has 0 aliphatic heterocycles. The molecule has 5 nitrogen and oxygen atoms in total. The zero-order chi connectivity index (χ0) is 16.1. The largest absolute Gasteiger partial charge is 0.507 e. The molecule has 0 saturated carbocycles. The molecule has 22 heavy (non-hydrogen) atoms. The fourth-order valence-corrected chi connectivity index (χ4v) is 2.03. The molecule has 2 rings (SSSR count). The van der Waals surface area contributed by atoms with Gasteiger partial charge in [0.25, 0.3) is 5.91 Å². The van der Waals surface area contributed by atoms with Gasteiger partial charge in [-0.25, -0.2) is 4.39 Å². The van der Waals surface area contributed by atoms with Crippen LogP contribution in [0.2, 0.25) is 0 Å². The molecule has 0 aliphatic carbocycles. The van der Waals surface area contributed by atoms with Crippen molar-refractivity contribution in [3.8, 4) is 17.6 Å². The number of carbonyl (C=O) groups excluding carboxylic acids is 1. The van der Waals surface area contributed by atoms with Gasteiger partial charge in [0, 0.05) is 5.56 Å². The number of carbonyl (C=O) groups is 1. The quantitative estimate of drug-likeness (QED) is 0.909. The highest BCUT2D eigenvalue weighted by molar-refractivity contribution is 5.97. The normalized spacial score (nSPS) is 11.3. The SMILES string of the molecule is COc1ccccc1C(C#N)NC(=O)c1c(O)cccc1F. The number of nitrogens with one attached hydrogen (secondary N) is 1. The minimum atomic E-state index is -1.04. The molecule has 0 fully saturated rings. The van der Waals surface area contributed by atoms with E-state index in [9.17, 15) is 19.6 Å². The van der Waals surface area contributed by atoms with Gasteiger partial charge in [0.1, 0.15) is 28.9 Å². The Morgan fingerprint density at radius 3 is 2.68 bits per heavy atom. The van der Waals surface area contributed by atoms with Gasteiger partial charge in [-0.05, 0) is 18.2 Å². The van der Waals surface area contributed by atoms with Gasteiger partial charge in [-0.3, -0.25) is 4.79 Å². The number of rotatable bonds is 4. The first-order valence-electron chi connectivity index (χ1n) is 6.39. The van der Waals surface area contributed by atoms with Crippen LogP contribution in [0.1, 0.15) is 22.0 Å². The zero-order valence-electron chi connectivity index (χ0n) is 11.7. The monoisotopic (exact) mass is 300 g/mol. The van der Waals surface area contributed by atoms with E-state index in [1.54, 1.807) is 24.3 Å². The lowest BCUT2D eigenvalue weighted by Crippen LogP contribution is -2.28. The van der Waals surface area contributed by atoms with Crippen molar-refractivity contribution in [2.45, 2.75) is 6.04 Å². The first-order valence-corrected chi connectivity index (χ1v) is 6.39. The number of halogens is 1. The van der Waals surface area contributed by atoms with E-state index < -0.39 is 29.1 Å². The maximum Gasteiger partial charge on any atom is 0.259 e. The molecule has 2 aromatic rings. The Hall–Kier alpha value is -3.07. The van der Waals surface area contributed by atoms with Crippen LogP contribution in [-0.2, 0) is 0 Å². The molecule has 112 valence electrons. The van der Waals surface area contributed by atoms with E-state index in [-0.39, 0.29) is 0 Å². The number of nitriles is 1. The standard InChI is InChI=1S/C16H13FN2O3/c1-22-14-8-3-2-5-10(14)12(9-18)19-16(21)15-11(17)6-4-7-13(15)20/h2-8,12,20H,1H3,(H,19,21). The number of hydrogen-bond acceptors (Lipinski definition) is 4. The van der Waals surface area contributed by atoms with Crippen molar-refractivity contribution in [3.05, 3.63) is 59.4 Å². The third-order valence-corrected chi connectivity index (χ3v) is 3.07. The lowest BCUT2D eigenvalue weighted by Gasteiger charge is -2.15. The van der Waals surface area contributed by atoms with Crippen LogP contribution in [0.15, 0.2) is 42.5 Å². The fourth-order valence-electron chi connectivity index (χ4n) is 2.03. The molecule has 0 bridgehead atoms. The molecule has 6 heteroatoms. The molecule has 0 radical (unpaired) electrons. The number of nitrogens with zero attached hydrogens (tertiary/aromatic N) is 1. The van der Waals surface area contributed by atoms with Crippen LogP contribution in [0.4, 0.5) is 4.39 Å². The molecule has 2 N–H and O–H groups in total. The molecule has 1 atom stereocenters. The fraction of sp³-hybridized carbons (Fsp3) is 0.125. The molecule has 0 saturated heterocycles. The van der Waals surface area contributed by atoms with Gasteiger partial charge in [-0.1, -0.05) is 24.3 Å². The minimum absolute atomic E-state index is 0.423. The Bertz CT molecular complexity index is 720. The summed E-state index contributed by atoms with van der Waals surface area (Å²) in [4.78, 5) is 12.1. The van der Waals surface area contributed by atoms with Crippen LogP contribution >= 0.6 is 0 Å². The topological polar surface area (TPSA) is 82.3 Å². The van der Waals surface area contributed by atoms with Crippen molar-refractivity contribution < 1.29 is 19.0 Å². The van der Waals surface area contributed by atoms with Crippen LogP contribution < -0.4 is 10.1 Å². The molecule has 1 amide bonds. The molecular formula is C16H13FN2O3.